The van der Waals surface area contributed by atoms with Crippen LogP contribution in [0.4, 0.5) is 0 Å². The minimum atomic E-state index is -2.51. The van der Waals surface area contributed by atoms with Crippen LogP contribution in [-0.4, -0.2) is 35.5 Å². The minimum absolute atomic E-state index is 0.0196. The summed E-state index contributed by atoms with van der Waals surface area (Å²) in [6, 6.07) is 21.2. The number of hydrogen-bond donors (Lipinski definition) is 2. The Labute approximate surface area is 206 Å². The van der Waals surface area contributed by atoms with Gasteiger partial charge in [-0.2, -0.15) is 0 Å². The molecule has 4 rings (SSSR count). The Morgan fingerprint density at radius 2 is 1.71 bits per heavy atom. The number of aliphatic hydroxyl groups is 2. The third kappa shape index (κ3) is 4.07. The fraction of sp³-hybridized carbons (Fsp3) is 0.345. The summed E-state index contributed by atoms with van der Waals surface area (Å²) in [6.07, 6.45) is 0. The van der Waals surface area contributed by atoms with Gasteiger partial charge in [-0.05, 0) is 41.7 Å². The van der Waals surface area contributed by atoms with Crippen molar-refractivity contribution in [1.29, 1.82) is 0 Å². The lowest BCUT2D eigenvalue weighted by Crippen LogP contribution is -2.66. The predicted molar refractivity (Wildman–Crippen MR) is 133 cm³/mol. The summed E-state index contributed by atoms with van der Waals surface area (Å²) in [5.74, 6) is -3.51. The van der Waals surface area contributed by atoms with Gasteiger partial charge in [0.05, 0.1) is 19.6 Å². The quantitative estimate of drug-likeness (QED) is 0.521. The zero-order valence-electron chi connectivity index (χ0n) is 20.7. The van der Waals surface area contributed by atoms with E-state index in [1.54, 1.807) is 74.7 Å². The third-order valence-corrected chi connectivity index (χ3v) is 6.56. The van der Waals surface area contributed by atoms with E-state index < -0.39 is 23.3 Å². The van der Waals surface area contributed by atoms with Crippen LogP contribution in [0.1, 0.15) is 55.9 Å². The fourth-order valence-corrected chi connectivity index (χ4v) is 4.67. The molecule has 1 aliphatic heterocycles. The summed E-state index contributed by atoms with van der Waals surface area (Å²) in [4.78, 5) is 13.6. The van der Waals surface area contributed by atoms with Gasteiger partial charge < -0.3 is 24.4 Å². The molecule has 3 atom stereocenters. The Morgan fingerprint density at radius 1 is 1.00 bits per heavy atom. The highest BCUT2D eigenvalue weighted by Crippen LogP contribution is 2.55. The molecule has 0 aliphatic carbocycles. The Morgan fingerprint density at radius 3 is 2.34 bits per heavy atom. The average Bonchev–Trinajstić information content (AvgIpc) is 2.84. The normalized spacial score (nSPS) is 23.7. The maximum absolute atomic E-state index is 13.6. The Bertz CT molecular complexity index is 1220. The molecule has 0 saturated carbocycles. The molecule has 0 amide bonds. The molecule has 1 heterocycles. The largest absolute Gasteiger partial charge is 0.497 e. The van der Waals surface area contributed by atoms with Gasteiger partial charge in [0.25, 0.3) is 5.79 Å². The molecule has 1 aliphatic rings. The summed E-state index contributed by atoms with van der Waals surface area (Å²) in [5, 5.41) is 24.5. The number of rotatable bonds is 5. The molecule has 0 aromatic heterocycles. The van der Waals surface area contributed by atoms with Gasteiger partial charge in [0.1, 0.15) is 11.5 Å². The summed E-state index contributed by atoms with van der Waals surface area (Å²) in [7, 11) is 1.55. The van der Waals surface area contributed by atoms with Gasteiger partial charge in [0.15, 0.2) is 0 Å². The molecule has 0 radical (unpaired) electrons. The molecule has 1 unspecified atom stereocenters. The number of hydrogen-bond acceptors (Lipinski definition) is 6. The van der Waals surface area contributed by atoms with Gasteiger partial charge in [0, 0.05) is 11.1 Å². The smallest absolute Gasteiger partial charge is 0.346 e. The number of carbonyl (C=O) groups is 1. The standard InChI is InChI=1S/C29H32O6/c1-6-34-26(30)28(31)25(19-11-10-14-22(17-19)33-5)23-18-21(27(2,3)4)15-16-24(23)35-29(28,32)20-12-8-7-9-13-20/h7-18,25,31-32H,6H2,1-5H3/t25?,28-,29+/m1/s1. The maximum Gasteiger partial charge on any atom is 0.346 e. The summed E-state index contributed by atoms with van der Waals surface area (Å²) < 4.78 is 16.9. The monoisotopic (exact) mass is 476 g/mol. The fourth-order valence-electron chi connectivity index (χ4n) is 4.67. The lowest BCUT2D eigenvalue weighted by molar-refractivity contribution is -0.280. The number of carbonyl (C=O) groups excluding carboxylic acids is 1. The van der Waals surface area contributed by atoms with Crippen LogP contribution in [0.15, 0.2) is 72.8 Å². The second-order valence-electron chi connectivity index (χ2n) is 9.81. The first-order chi connectivity index (χ1) is 16.6. The number of methoxy groups -OCH3 is 1. The molecule has 0 fully saturated rings. The Balaban J connectivity index is 2.08. The van der Waals surface area contributed by atoms with E-state index in [1.807, 2.05) is 12.1 Å². The zero-order valence-corrected chi connectivity index (χ0v) is 20.7. The van der Waals surface area contributed by atoms with Crippen LogP contribution >= 0.6 is 0 Å². The first-order valence-corrected chi connectivity index (χ1v) is 11.7. The van der Waals surface area contributed by atoms with Crippen molar-refractivity contribution in [2.24, 2.45) is 0 Å². The van der Waals surface area contributed by atoms with E-state index in [0.717, 1.165) is 5.56 Å². The topological polar surface area (TPSA) is 85.2 Å². The highest BCUT2D eigenvalue weighted by atomic mass is 16.7. The van der Waals surface area contributed by atoms with Crippen LogP contribution in [-0.2, 0) is 20.7 Å². The summed E-state index contributed by atoms with van der Waals surface area (Å²) in [5.41, 5.74) is -0.353. The summed E-state index contributed by atoms with van der Waals surface area (Å²) >= 11 is 0. The minimum Gasteiger partial charge on any atom is -0.497 e. The second kappa shape index (κ2) is 9.02. The Kier molecular flexibility index (Phi) is 6.38. The van der Waals surface area contributed by atoms with E-state index in [-0.39, 0.29) is 17.6 Å². The van der Waals surface area contributed by atoms with Crippen LogP contribution in [0, 0.1) is 0 Å². The van der Waals surface area contributed by atoms with Crippen LogP contribution < -0.4 is 9.47 Å². The van der Waals surface area contributed by atoms with Crippen molar-refractivity contribution in [3.8, 4) is 11.5 Å². The molecular weight excluding hydrogens is 444 g/mol. The molecule has 6 nitrogen and oxygen atoms in total. The van der Waals surface area contributed by atoms with E-state index in [9.17, 15) is 15.0 Å². The molecule has 184 valence electrons. The van der Waals surface area contributed by atoms with Gasteiger partial charge in [-0.25, -0.2) is 4.79 Å². The SMILES string of the molecule is CCOC(=O)[C@]1(O)C(c2cccc(OC)c2)c2cc(C(C)(C)C)ccc2O[C@@]1(O)c1ccccc1. The van der Waals surface area contributed by atoms with Gasteiger partial charge in [-0.15, -0.1) is 0 Å². The van der Waals surface area contributed by atoms with E-state index in [4.69, 9.17) is 14.2 Å². The number of esters is 1. The van der Waals surface area contributed by atoms with E-state index in [1.165, 1.54) is 0 Å². The zero-order chi connectivity index (χ0) is 25.4. The highest BCUT2D eigenvalue weighted by molar-refractivity contribution is 5.85. The first-order valence-electron chi connectivity index (χ1n) is 11.7. The Hall–Kier alpha value is -3.35. The molecule has 0 bridgehead atoms. The van der Waals surface area contributed by atoms with Crippen molar-refractivity contribution < 1.29 is 29.2 Å². The first kappa shape index (κ1) is 24.8. The van der Waals surface area contributed by atoms with Crippen molar-refractivity contribution in [1.82, 2.24) is 0 Å². The molecule has 2 N–H and O–H groups in total. The molecule has 0 spiro atoms. The van der Waals surface area contributed by atoms with Crippen molar-refractivity contribution in [2.45, 2.75) is 50.4 Å². The van der Waals surface area contributed by atoms with Gasteiger partial charge in [-0.1, -0.05) is 75.4 Å². The summed E-state index contributed by atoms with van der Waals surface area (Å²) in [6.45, 7) is 7.91. The van der Waals surface area contributed by atoms with Gasteiger partial charge in [-0.3, -0.25) is 0 Å². The number of benzene rings is 3. The van der Waals surface area contributed by atoms with Crippen LogP contribution in [0.2, 0.25) is 0 Å². The van der Waals surface area contributed by atoms with E-state index >= 15 is 0 Å². The molecular formula is C29H32O6. The van der Waals surface area contributed by atoms with Crippen molar-refractivity contribution in [2.75, 3.05) is 13.7 Å². The predicted octanol–water partition coefficient (Wildman–Crippen LogP) is 4.66. The van der Waals surface area contributed by atoms with Crippen molar-refractivity contribution in [3.05, 3.63) is 95.1 Å². The second-order valence-corrected chi connectivity index (χ2v) is 9.81. The molecule has 3 aromatic carbocycles. The van der Waals surface area contributed by atoms with Crippen LogP contribution in [0.5, 0.6) is 11.5 Å². The van der Waals surface area contributed by atoms with Gasteiger partial charge >= 0.3 is 5.97 Å². The average molecular weight is 477 g/mol. The van der Waals surface area contributed by atoms with Crippen LogP contribution in [0.25, 0.3) is 0 Å². The highest BCUT2D eigenvalue weighted by Gasteiger charge is 2.67. The maximum atomic E-state index is 13.6. The number of ether oxygens (including phenoxy) is 3. The third-order valence-electron chi connectivity index (χ3n) is 6.56. The van der Waals surface area contributed by atoms with Crippen molar-refractivity contribution in [3.63, 3.8) is 0 Å². The van der Waals surface area contributed by atoms with E-state index in [0.29, 0.717) is 22.6 Å². The molecule has 0 saturated heterocycles. The van der Waals surface area contributed by atoms with E-state index in [2.05, 4.69) is 20.8 Å². The lowest BCUT2D eigenvalue weighted by atomic mass is 9.67. The van der Waals surface area contributed by atoms with Gasteiger partial charge in [0.2, 0.25) is 5.60 Å². The number of fused-ring (bicyclic) bond motifs is 1. The molecule has 6 heteroatoms. The van der Waals surface area contributed by atoms with Crippen molar-refractivity contribution >= 4 is 5.97 Å². The lowest BCUT2D eigenvalue weighted by Gasteiger charge is -2.49. The molecule has 35 heavy (non-hydrogen) atoms. The molecule has 3 aromatic rings. The van der Waals surface area contributed by atoms with Crippen LogP contribution in [0.3, 0.4) is 0 Å².